The van der Waals surface area contributed by atoms with Crippen molar-refractivity contribution in [2.24, 2.45) is 0 Å². The predicted molar refractivity (Wildman–Crippen MR) is 131 cm³/mol. The lowest BCUT2D eigenvalue weighted by Crippen LogP contribution is -2.58. The molecule has 0 bridgehead atoms. The van der Waals surface area contributed by atoms with Crippen LogP contribution in [0.4, 0.5) is 5.69 Å². The van der Waals surface area contributed by atoms with E-state index in [1.165, 1.54) is 12.8 Å². The monoisotopic (exact) mass is 501 g/mol. The number of carbonyl (C=O) groups excluding carboxylic acids is 1. The van der Waals surface area contributed by atoms with Crippen molar-refractivity contribution in [2.75, 3.05) is 11.9 Å². The maximum absolute atomic E-state index is 13.7. The van der Waals surface area contributed by atoms with Crippen LogP contribution in [0.5, 0.6) is 5.75 Å². The first-order valence-corrected chi connectivity index (χ1v) is 14.0. The lowest BCUT2D eigenvalue weighted by atomic mass is 9.94. The number of para-hydroxylation sites is 2. The highest BCUT2D eigenvalue weighted by molar-refractivity contribution is 5.96. The van der Waals surface area contributed by atoms with E-state index in [9.17, 15) is 4.79 Å². The van der Waals surface area contributed by atoms with Gasteiger partial charge in [0.25, 0.3) is 5.91 Å². The van der Waals surface area contributed by atoms with Gasteiger partial charge in [0.15, 0.2) is 24.0 Å². The topological polar surface area (TPSA) is 84.5 Å². The van der Waals surface area contributed by atoms with Crippen LogP contribution in [0.1, 0.15) is 84.0 Å². The van der Waals surface area contributed by atoms with Gasteiger partial charge < -0.3 is 33.7 Å². The molecule has 8 nitrogen and oxygen atoms in total. The highest BCUT2D eigenvalue weighted by atomic mass is 16.9. The summed E-state index contributed by atoms with van der Waals surface area (Å²) >= 11 is 0. The van der Waals surface area contributed by atoms with E-state index >= 15 is 0 Å². The Labute approximate surface area is 213 Å². The second-order valence-electron chi connectivity index (χ2n) is 10.9. The molecule has 3 aliphatic heterocycles. The van der Waals surface area contributed by atoms with Crippen molar-refractivity contribution in [3.05, 3.63) is 24.3 Å². The summed E-state index contributed by atoms with van der Waals surface area (Å²) in [5.41, 5.74) is 0.625. The number of amides is 1. The van der Waals surface area contributed by atoms with Crippen molar-refractivity contribution >= 4 is 11.6 Å². The third-order valence-electron chi connectivity index (χ3n) is 8.27. The lowest BCUT2D eigenvalue weighted by Gasteiger charge is -2.36. The highest BCUT2D eigenvalue weighted by Gasteiger charge is 2.65. The highest BCUT2D eigenvalue weighted by Crippen LogP contribution is 2.51. The number of unbranched alkanes of at least 4 members (excludes halogenated alkanes) is 1. The van der Waals surface area contributed by atoms with Crippen LogP contribution in [0.3, 0.4) is 0 Å². The molecule has 2 saturated carbocycles. The van der Waals surface area contributed by atoms with Gasteiger partial charge in [0.1, 0.15) is 24.1 Å². The number of hydrogen-bond donors (Lipinski definition) is 1. The van der Waals surface area contributed by atoms with Gasteiger partial charge in [-0.1, -0.05) is 38.3 Å². The van der Waals surface area contributed by atoms with Crippen molar-refractivity contribution in [3.8, 4) is 5.75 Å². The van der Waals surface area contributed by atoms with Crippen molar-refractivity contribution in [3.63, 3.8) is 0 Å². The van der Waals surface area contributed by atoms with Crippen molar-refractivity contribution in [2.45, 2.75) is 126 Å². The van der Waals surface area contributed by atoms with E-state index < -0.39 is 42.3 Å². The van der Waals surface area contributed by atoms with Crippen LogP contribution in [0.2, 0.25) is 0 Å². The first-order valence-electron chi connectivity index (χ1n) is 14.0. The smallest absolute Gasteiger partial charge is 0.256 e. The number of carbonyl (C=O) groups is 1. The van der Waals surface area contributed by atoms with Crippen molar-refractivity contribution in [1.29, 1.82) is 0 Å². The summed E-state index contributed by atoms with van der Waals surface area (Å²) < 4.78 is 38.5. The molecule has 36 heavy (non-hydrogen) atoms. The Balaban J connectivity index is 1.24. The molecule has 5 aliphatic rings. The molecule has 0 radical (unpaired) electrons. The fourth-order valence-electron chi connectivity index (χ4n) is 6.39. The summed E-state index contributed by atoms with van der Waals surface area (Å²) in [6, 6.07) is 7.51. The summed E-state index contributed by atoms with van der Waals surface area (Å²) in [5, 5.41) is 3.04. The zero-order valence-corrected chi connectivity index (χ0v) is 21.2. The van der Waals surface area contributed by atoms with E-state index in [2.05, 4.69) is 12.2 Å². The van der Waals surface area contributed by atoms with Crippen LogP contribution in [-0.2, 0) is 28.5 Å². The summed E-state index contributed by atoms with van der Waals surface area (Å²) in [4.78, 5) is 13.7. The summed E-state index contributed by atoms with van der Waals surface area (Å²) in [5.74, 6) is -0.940. The van der Waals surface area contributed by atoms with Crippen LogP contribution in [-0.4, -0.2) is 54.8 Å². The van der Waals surface area contributed by atoms with Gasteiger partial charge in [-0.3, -0.25) is 4.79 Å². The molecule has 3 heterocycles. The normalized spacial score (nSPS) is 34.3. The molecule has 1 aromatic carbocycles. The van der Waals surface area contributed by atoms with Crippen LogP contribution in [0.25, 0.3) is 0 Å². The standard InChI is InChI=1S/C28H39NO7/c1-2-3-18-31-20-13-7-6-12-19(20)29-25(30)23-21-22(34-27(33-21)14-8-4-9-15-27)24-26(32-23)36-28(35-24)16-10-5-11-17-28/h6-7,12-13,21-24,26H,2-5,8-11,14-18H2,1H3,(H,29,30)/t21-,22+,23+,24+,26+/m0/s1. The Hall–Kier alpha value is -1.71. The second kappa shape index (κ2) is 10.2. The molecule has 0 unspecified atom stereocenters. The lowest BCUT2D eigenvalue weighted by molar-refractivity contribution is -0.246. The average Bonchev–Trinajstić information content (AvgIpc) is 3.43. The van der Waals surface area contributed by atoms with Gasteiger partial charge in [0.2, 0.25) is 0 Å². The maximum atomic E-state index is 13.7. The zero-order chi connectivity index (χ0) is 24.6. The first-order chi connectivity index (χ1) is 17.6. The van der Waals surface area contributed by atoms with Gasteiger partial charge in [0, 0.05) is 25.7 Å². The van der Waals surface area contributed by atoms with Crippen LogP contribution in [0.15, 0.2) is 24.3 Å². The van der Waals surface area contributed by atoms with Crippen molar-refractivity contribution in [1.82, 2.24) is 0 Å². The predicted octanol–water partition coefficient (Wildman–Crippen LogP) is 5.05. The number of nitrogens with one attached hydrogen (secondary N) is 1. The molecule has 6 rings (SSSR count). The molecule has 198 valence electrons. The van der Waals surface area contributed by atoms with Gasteiger partial charge >= 0.3 is 0 Å². The number of hydrogen-bond acceptors (Lipinski definition) is 7. The largest absolute Gasteiger partial charge is 0.491 e. The van der Waals surface area contributed by atoms with Crippen LogP contribution in [0, 0.1) is 0 Å². The Bertz CT molecular complexity index is 926. The van der Waals surface area contributed by atoms with E-state index in [1.54, 1.807) is 0 Å². The Morgan fingerprint density at radius 3 is 2.25 bits per heavy atom. The molecule has 5 fully saturated rings. The fraction of sp³-hybridized carbons (Fsp3) is 0.750. The molecule has 1 N–H and O–H groups in total. The molecular formula is C28H39NO7. The van der Waals surface area contributed by atoms with Crippen LogP contribution < -0.4 is 10.1 Å². The minimum Gasteiger partial charge on any atom is -0.491 e. The van der Waals surface area contributed by atoms with Gasteiger partial charge in [-0.25, -0.2) is 0 Å². The Morgan fingerprint density at radius 2 is 1.53 bits per heavy atom. The molecule has 1 amide bonds. The minimum absolute atomic E-state index is 0.278. The molecule has 2 aliphatic carbocycles. The quantitative estimate of drug-likeness (QED) is 0.546. The van der Waals surface area contributed by atoms with E-state index in [4.69, 9.17) is 28.4 Å². The second-order valence-corrected chi connectivity index (χ2v) is 10.9. The number of fused-ring (bicyclic) bond motifs is 3. The molecule has 0 aromatic heterocycles. The van der Waals surface area contributed by atoms with E-state index in [-0.39, 0.29) is 5.91 Å². The van der Waals surface area contributed by atoms with Crippen molar-refractivity contribution < 1.29 is 33.2 Å². The first kappa shape index (κ1) is 24.6. The van der Waals surface area contributed by atoms with E-state index in [0.29, 0.717) is 18.0 Å². The molecule has 2 spiro atoms. The maximum Gasteiger partial charge on any atom is 0.256 e. The fourth-order valence-corrected chi connectivity index (χ4v) is 6.39. The zero-order valence-electron chi connectivity index (χ0n) is 21.2. The Kier molecular flexibility index (Phi) is 6.99. The summed E-state index contributed by atoms with van der Waals surface area (Å²) in [6.45, 7) is 2.72. The van der Waals surface area contributed by atoms with E-state index in [1.807, 2.05) is 24.3 Å². The molecule has 5 atom stereocenters. The number of ether oxygens (including phenoxy) is 6. The third-order valence-corrected chi connectivity index (χ3v) is 8.27. The van der Waals surface area contributed by atoms with Gasteiger partial charge in [-0.05, 0) is 44.2 Å². The summed E-state index contributed by atoms with van der Waals surface area (Å²) in [6.07, 6.45) is 9.02. The number of benzene rings is 1. The number of anilines is 1. The molecule has 8 heteroatoms. The molecule has 1 aromatic rings. The van der Waals surface area contributed by atoms with Gasteiger partial charge in [0.05, 0.1) is 12.3 Å². The van der Waals surface area contributed by atoms with Gasteiger partial charge in [-0.2, -0.15) is 0 Å². The summed E-state index contributed by atoms with van der Waals surface area (Å²) in [7, 11) is 0. The van der Waals surface area contributed by atoms with Gasteiger partial charge in [-0.15, -0.1) is 0 Å². The average molecular weight is 502 g/mol. The Morgan fingerprint density at radius 1 is 0.889 bits per heavy atom. The third kappa shape index (κ3) is 4.67. The SMILES string of the molecule is CCCCOc1ccccc1NC(=O)[C@@H]1O[C@@H]2OC3(CCCCC3)O[C@@H]2[C@@H]2OC3(CCCCC3)O[C@@H]21. The van der Waals surface area contributed by atoms with Crippen LogP contribution >= 0.6 is 0 Å². The number of rotatable bonds is 6. The molecular weight excluding hydrogens is 462 g/mol. The van der Waals surface area contributed by atoms with E-state index in [0.717, 1.165) is 64.2 Å². The minimum atomic E-state index is -0.872. The molecule has 3 saturated heterocycles.